The molecule has 2 aliphatic rings. The Morgan fingerprint density at radius 2 is 1.63 bits per heavy atom. The first kappa shape index (κ1) is 28.3. The van der Waals surface area contributed by atoms with Crippen LogP contribution in [0.5, 0.6) is 23.0 Å². The fourth-order valence-corrected chi connectivity index (χ4v) is 4.96. The summed E-state index contributed by atoms with van der Waals surface area (Å²) < 4.78 is 27.7. The number of hydrogen-bond donors (Lipinski definition) is 7. The van der Waals surface area contributed by atoms with Crippen molar-refractivity contribution in [2.75, 3.05) is 34.0 Å². The van der Waals surface area contributed by atoms with Crippen molar-refractivity contribution in [2.24, 2.45) is 11.8 Å². The van der Waals surface area contributed by atoms with Crippen molar-refractivity contribution in [3.8, 4) is 23.0 Å². The topological polar surface area (TPSA) is 188 Å². The summed E-state index contributed by atoms with van der Waals surface area (Å²) in [6.45, 7) is -0.703. The number of methoxy groups -OCH3 is 2. The lowest BCUT2D eigenvalue weighted by atomic mass is 9.82. The third-order valence-electron chi connectivity index (χ3n) is 7.18. The average molecular weight is 539 g/mol. The average Bonchev–Trinajstić information content (AvgIpc) is 3.37. The van der Waals surface area contributed by atoms with E-state index in [1.165, 1.54) is 26.4 Å². The first-order valence-corrected chi connectivity index (χ1v) is 12.2. The monoisotopic (exact) mass is 538 g/mol. The van der Waals surface area contributed by atoms with Crippen molar-refractivity contribution in [3.63, 3.8) is 0 Å². The molecule has 9 atom stereocenters. The molecule has 0 aliphatic carbocycles. The highest BCUT2D eigenvalue weighted by atomic mass is 16.7. The largest absolute Gasteiger partial charge is 0.504 e. The SMILES string of the molecule is COc1cc([C@@H](O)[C@H]2CO[C@@H](c3ccc(O[C@@H]4O[C@H](CO)[C@@H](O)[C@H](O)[C@H]4O)c(OC)c3)[C@@H]2CO)ccc1O. The molecule has 4 rings (SSSR count). The molecular weight excluding hydrogens is 504 g/mol. The smallest absolute Gasteiger partial charge is 0.229 e. The van der Waals surface area contributed by atoms with Crippen LogP contribution in [0.3, 0.4) is 0 Å². The fourth-order valence-electron chi connectivity index (χ4n) is 4.96. The number of phenols is 1. The zero-order valence-corrected chi connectivity index (χ0v) is 21.0. The molecular formula is C26H34O12. The van der Waals surface area contributed by atoms with Crippen LogP contribution in [-0.4, -0.2) is 100 Å². The van der Waals surface area contributed by atoms with Crippen LogP contribution in [0.15, 0.2) is 36.4 Å². The molecule has 2 aliphatic heterocycles. The van der Waals surface area contributed by atoms with Gasteiger partial charge in [0.05, 0.1) is 39.6 Å². The molecule has 2 fully saturated rings. The van der Waals surface area contributed by atoms with Gasteiger partial charge in [-0.15, -0.1) is 0 Å². The highest BCUT2D eigenvalue weighted by Gasteiger charge is 2.45. The Bertz CT molecular complexity index is 1080. The van der Waals surface area contributed by atoms with Crippen LogP contribution in [0.2, 0.25) is 0 Å². The van der Waals surface area contributed by atoms with Gasteiger partial charge in [0.15, 0.2) is 23.0 Å². The lowest BCUT2D eigenvalue weighted by Gasteiger charge is -2.39. The van der Waals surface area contributed by atoms with Gasteiger partial charge in [-0.2, -0.15) is 0 Å². The lowest BCUT2D eigenvalue weighted by Crippen LogP contribution is -2.60. The van der Waals surface area contributed by atoms with E-state index in [2.05, 4.69) is 0 Å². The van der Waals surface area contributed by atoms with Crippen molar-refractivity contribution >= 4 is 0 Å². The molecule has 2 heterocycles. The van der Waals surface area contributed by atoms with Gasteiger partial charge >= 0.3 is 0 Å². The molecule has 2 aromatic carbocycles. The van der Waals surface area contributed by atoms with Crippen LogP contribution in [0.1, 0.15) is 23.3 Å². The summed E-state index contributed by atoms with van der Waals surface area (Å²) >= 11 is 0. The molecule has 0 spiro atoms. The number of aliphatic hydroxyl groups is 6. The molecule has 0 aromatic heterocycles. The van der Waals surface area contributed by atoms with Crippen molar-refractivity contribution in [3.05, 3.63) is 47.5 Å². The van der Waals surface area contributed by atoms with Crippen LogP contribution in [0, 0.1) is 11.8 Å². The minimum absolute atomic E-state index is 0.0548. The van der Waals surface area contributed by atoms with E-state index in [4.69, 9.17) is 23.7 Å². The maximum atomic E-state index is 11.1. The molecule has 210 valence electrons. The van der Waals surface area contributed by atoms with Crippen LogP contribution >= 0.6 is 0 Å². The third kappa shape index (κ3) is 5.40. The van der Waals surface area contributed by atoms with E-state index >= 15 is 0 Å². The maximum Gasteiger partial charge on any atom is 0.229 e. The second kappa shape index (κ2) is 12.0. The van der Waals surface area contributed by atoms with Crippen LogP contribution in [0.4, 0.5) is 0 Å². The molecule has 2 aromatic rings. The van der Waals surface area contributed by atoms with Crippen LogP contribution < -0.4 is 14.2 Å². The molecule has 0 bridgehead atoms. The highest BCUT2D eigenvalue weighted by molar-refractivity contribution is 5.45. The number of aromatic hydroxyl groups is 1. The van der Waals surface area contributed by atoms with Gasteiger partial charge in [0, 0.05) is 18.4 Å². The fraction of sp³-hybridized carbons (Fsp3) is 0.538. The van der Waals surface area contributed by atoms with Crippen LogP contribution in [0.25, 0.3) is 0 Å². The quantitative estimate of drug-likeness (QED) is 0.220. The summed E-state index contributed by atoms with van der Waals surface area (Å²) in [6.07, 6.45) is -8.80. The summed E-state index contributed by atoms with van der Waals surface area (Å²) in [5.41, 5.74) is 1.15. The van der Waals surface area contributed by atoms with Gasteiger partial charge in [-0.3, -0.25) is 0 Å². The van der Waals surface area contributed by atoms with E-state index in [0.29, 0.717) is 11.1 Å². The van der Waals surface area contributed by atoms with Crippen molar-refractivity contribution < 1.29 is 59.4 Å². The third-order valence-corrected chi connectivity index (χ3v) is 7.18. The molecule has 38 heavy (non-hydrogen) atoms. The maximum absolute atomic E-state index is 11.1. The Morgan fingerprint density at radius 1 is 0.895 bits per heavy atom. The van der Waals surface area contributed by atoms with Gasteiger partial charge in [-0.1, -0.05) is 12.1 Å². The zero-order chi connectivity index (χ0) is 27.6. The molecule has 12 heteroatoms. The molecule has 12 nitrogen and oxygen atoms in total. The first-order chi connectivity index (χ1) is 18.2. The summed E-state index contributed by atoms with van der Waals surface area (Å²) in [7, 11) is 2.82. The lowest BCUT2D eigenvalue weighted by molar-refractivity contribution is -0.277. The number of benzene rings is 2. The minimum atomic E-state index is -1.59. The van der Waals surface area contributed by atoms with Gasteiger partial charge in [0.1, 0.15) is 24.4 Å². The number of hydrogen-bond acceptors (Lipinski definition) is 12. The van der Waals surface area contributed by atoms with E-state index in [9.17, 15) is 35.7 Å². The summed E-state index contributed by atoms with van der Waals surface area (Å²) in [5, 5.41) is 70.8. The van der Waals surface area contributed by atoms with Gasteiger partial charge in [0.25, 0.3) is 0 Å². The van der Waals surface area contributed by atoms with E-state index < -0.39 is 61.4 Å². The Hall–Kier alpha value is -2.68. The van der Waals surface area contributed by atoms with E-state index in [-0.39, 0.29) is 36.2 Å². The predicted molar refractivity (Wildman–Crippen MR) is 130 cm³/mol. The Balaban J connectivity index is 1.52. The Kier molecular flexibility index (Phi) is 8.96. The Morgan fingerprint density at radius 3 is 2.29 bits per heavy atom. The van der Waals surface area contributed by atoms with E-state index in [1.54, 1.807) is 24.3 Å². The zero-order valence-electron chi connectivity index (χ0n) is 21.0. The molecule has 0 unspecified atom stereocenters. The Labute approximate surface area is 219 Å². The predicted octanol–water partition coefficient (Wildman–Crippen LogP) is -0.382. The summed E-state index contributed by atoms with van der Waals surface area (Å²) in [5.74, 6) is -0.376. The van der Waals surface area contributed by atoms with E-state index in [0.717, 1.165) is 0 Å². The molecule has 0 amide bonds. The molecule has 0 radical (unpaired) electrons. The van der Waals surface area contributed by atoms with Gasteiger partial charge < -0.3 is 59.4 Å². The van der Waals surface area contributed by atoms with Gasteiger partial charge in [-0.05, 0) is 35.4 Å². The van der Waals surface area contributed by atoms with Crippen LogP contribution in [-0.2, 0) is 9.47 Å². The molecule has 7 N–H and O–H groups in total. The highest BCUT2D eigenvalue weighted by Crippen LogP contribution is 2.46. The number of rotatable bonds is 9. The standard InChI is InChI=1S/C26H34O12/c1-34-18-7-12(3-5-16(18)29)21(30)15-11-36-25(14(15)9-27)13-4-6-17(19(8-13)35-2)37-26-24(33)23(32)22(31)20(10-28)38-26/h3-8,14-15,20-33H,9-11H2,1-2H3/t14-,15+,20-,21-,22-,23+,24-,25+,26-/m1/s1. The second-order valence-corrected chi connectivity index (χ2v) is 9.37. The first-order valence-electron chi connectivity index (χ1n) is 12.2. The van der Waals surface area contributed by atoms with E-state index in [1.807, 2.05) is 0 Å². The minimum Gasteiger partial charge on any atom is -0.504 e. The normalized spacial score (nSPS) is 32.1. The summed E-state index contributed by atoms with van der Waals surface area (Å²) in [6, 6.07) is 9.40. The summed E-state index contributed by atoms with van der Waals surface area (Å²) in [4.78, 5) is 0. The van der Waals surface area contributed by atoms with Crippen molar-refractivity contribution in [1.29, 1.82) is 0 Å². The second-order valence-electron chi connectivity index (χ2n) is 9.37. The molecule has 2 saturated heterocycles. The van der Waals surface area contributed by atoms with Gasteiger partial charge in [0.2, 0.25) is 6.29 Å². The number of aliphatic hydroxyl groups excluding tert-OH is 6. The number of phenolic OH excluding ortho intramolecular Hbond substituents is 1. The number of ether oxygens (including phenoxy) is 5. The van der Waals surface area contributed by atoms with Gasteiger partial charge in [-0.25, -0.2) is 0 Å². The van der Waals surface area contributed by atoms with Crippen molar-refractivity contribution in [2.45, 2.75) is 42.9 Å². The van der Waals surface area contributed by atoms with Crippen molar-refractivity contribution in [1.82, 2.24) is 0 Å². The molecule has 0 saturated carbocycles.